The van der Waals surface area contributed by atoms with Crippen molar-refractivity contribution in [1.29, 1.82) is 0 Å². The Labute approximate surface area is 94.8 Å². The number of rotatable bonds is 1. The predicted molar refractivity (Wildman–Crippen MR) is 65.2 cm³/mol. The van der Waals surface area contributed by atoms with Gasteiger partial charge in [0.15, 0.2) is 0 Å². The van der Waals surface area contributed by atoms with E-state index in [1.807, 2.05) is 17.9 Å². The minimum Gasteiger partial charge on any atom is -0.268 e. The topological polar surface area (TPSA) is 31.9 Å². The molecular formula is C13H14N3. The van der Waals surface area contributed by atoms with Crippen molar-refractivity contribution < 1.29 is 0 Å². The van der Waals surface area contributed by atoms with Crippen LogP contribution < -0.4 is 5.32 Å². The lowest BCUT2D eigenvalue weighted by atomic mass is 9.99. The van der Waals surface area contributed by atoms with Gasteiger partial charge in [0.25, 0.3) is 0 Å². The maximum absolute atomic E-state index is 4.33. The Hall–Kier alpha value is -1.61. The first-order valence-corrected chi connectivity index (χ1v) is 5.59. The molecule has 3 heteroatoms. The molecule has 0 N–H and O–H groups in total. The van der Waals surface area contributed by atoms with Crippen molar-refractivity contribution in [2.24, 2.45) is 7.05 Å². The van der Waals surface area contributed by atoms with Crippen LogP contribution in [0.4, 0.5) is 0 Å². The number of fused-ring (bicyclic) bond motifs is 1. The van der Waals surface area contributed by atoms with Gasteiger partial charge < -0.3 is 0 Å². The molecule has 1 aromatic carbocycles. The standard InChI is InChI=1S/C13H14N3/c1-16-13-3-2-11(8-12(13)9-15-16)10-4-6-14-7-5-10/h2-4,8-9H,5-7H2,1H3. The molecule has 0 bridgehead atoms. The fraction of sp³-hybridized carbons (Fsp3) is 0.308. The molecule has 1 aromatic heterocycles. The van der Waals surface area contributed by atoms with Gasteiger partial charge in [-0.2, -0.15) is 5.10 Å². The Morgan fingerprint density at radius 2 is 2.25 bits per heavy atom. The zero-order chi connectivity index (χ0) is 11.0. The maximum atomic E-state index is 4.33. The van der Waals surface area contributed by atoms with Crippen LogP contribution in [-0.2, 0) is 7.05 Å². The number of nitrogens with zero attached hydrogens (tertiary/aromatic N) is 3. The zero-order valence-corrected chi connectivity index (χ0v) is 9.35. The average Bonchev–Trinajstić information content (AvgIpc) is 2.72. The Kier molecular flexibility index (Phi) is 2.26. The quantitative estimate of drug-likeness (QED) is 0.711. The van der Waals surface area contributed by atoms with Crippen LogP contribution in [0.2, 0.25) is 0 Å². The molecule has 81 valence electrons. The van der Waals surface area contributed by atoms with Crippen LogP contribution in [0.25, 0.3) is 16.5 Å². The molecule has 3 nitrogen and oxygen atoms in total. The lowest BCUT2D eigenvalue weighted by molar-refractivity contribution is 0.723. The molecule has 1 radical (unpaired) electrons. The van der Waals surface area contributed by atoms with Gasteiger partial charge in [-0.15, -0.1) is 0 Å². The van der Waals surface area contributed by atoms with Gasteiger partial charge in [-0.3, -0.25) is 4.68 Å². The zero-order valence-electron chi connectivity index (χ0n) is 9.35. The summed E-state index contributed by atoms with van der Waals surface area (Å²) in [6.07, 6.45) is 5.21. The molecule has 0 unspecified atom stereocenters. The smallest absolute Gasteiger partial charge is 0.0679 e. The van der Waals surface area contributed by atoms with Gasteiger partial charge in [0.2, 0.25) is 0 Å². The Bertz CT molecular complexity index is 551. The van der Waals surface area contributed by atoms with Crippen molar-refractivity contribution in [3.05, 3.63) is 36.0 Å². The first kappa shape index (κ1) is 9.60. The normalized spacial score (nSPS) is 16.4. The lowest BCUT2D eigenvalue weighted by Gasteiger charge is -2.12. The summed E-state index contributed by atoms with van der Waals surface area (Å²) >= 11 is 0. The minimum atomic E-state index is 0.862. The van der Waals surface area contributed by atoms with Crippen LogP contribution >= 0.6 is 0 Å². The summed E-state index contributed by atoms with van der Waals surface area (Å²) in [5, 5.41) is 9.80. The van der Waals surface area contributed by atoms with Crippen LogP contribution in [0.1, 0.15) is 12.0 Å². The molecule has 16 heavy (non-hydrogen) atoms. The van der Waals surface area contributed by atoms with Gasteiger partial charge in [0, 0.05) is 25.5 Å². The molecule has 0 spiro atoms. The van der Waals surface area contributed by atoms with Crippen molar-refractivity contribution >= 4 is 16.5 Å². The number of hydrogen-bond donors (Lipinski definition) is 0. The van der Waals surface area contributed by atoms with Gasteiger partial charge in [0.1, 0.15) is 0 Å². The molecule has 1 aliphatic rings. The van der Waals surface area contributed by atoms with Gasteiger partial charge >= 0.3 is 0 Å². The van der Waals surface area contributed by atoms with Crippen molar-refractivity contribution in [3.8, 4) is 0 Å². The summed E-state index contributed by atoms with van der Waals surface area (Å²) < 4.78 is 1.91. The van der Waals surface area contributed by atoms with Crippen LogP contribution in [0, 0.1) is 0 Å². The number of benzene rings is 1. The highest BCUT2D eigenvalue weighted by atomic mass is 15.2. The third kappa shape index (κ3) is 1.53. The monoisotopic (exact) mass is 212 g/mol. The second-order valence-corrected chi connectivity index (χ2v) is 4.15. The van der Waals surface area contributed by atoms with Crippen molar-refractivity contribution in [2.45, 2.75) is 6.42 Å². The number of aromatic nitrogens is 2. The Morgan fingerprint density at radius 1 is 1.31 bits per heavy atom. The molecule has 0 atom stereocenters. The molecule has 0 aliphatic carbocycles. The van der Waals surface area contributed by atoms with Crippen LogP contribution in [0.15, 0.2) is 30.5 Å². The molecule has 0 fully saturated rings. The van der Waals surface area contributed by atoms with E-state index in [1.54, 1.807) is 0 Å². The maximum Gasteiger partial charge on any atom is 0.0679 e. The third-order valence-electron chi connectivity index (χ3n) is 3.12. The average molecular weight is 212 g/mol. The minimum absolute atomic E-state index is 0.862. The summed E-state index contributed by atoms with van der Waals surface area (Å²) in [5.41, 5.74) is 3.92. The first-order chi connectivity index (χ1) is 7.84. The van der Waals surface area contributed by atoms with Crippen LogP contribution in [-0.4, -0.2) is 22.9 Å². The highest BCUT2D eigenvalue weighted by Crippen LogP contribution is 2.23. The number of aryl methyl sites for hydroxylation is 1. The second-order valence-electron chi connectivity index (χ2n) is 4.15. The molecule has 0 amide bonds. The summed E-state index contributed by atoms with van der Waals surface area (Å²) in [6.45, 7) is 1.82. The van der Waals surface area contributed by atoms with Crippen molar-refractivity contribution in [2.75, 3.05) is 13.1 Å². The van der Waals surface area contributed by atoms with E-state index < -0.39 is 0 Å². The molecule has 1 aliphatic heterocycles. The largest absolute Gasteiger partial charge is 0.268 e. The van der Waals surface area contributed by atoms with Crippen LogP contribution in [0.3, 0.4) is 0 Å². The summed E-state index contributed by atoms with van der Waals surface area (Å²) in [6, 6.07) is 6.55. The third-order valence-corrected chi connectivity index (χ3v) is 3.12. The summed E-state index contributed by atoms with van der Waals surface area (Å²) in [4.78, 5) is 0. The van der Waals surface area contributed by atoms with E-state index in [-0.39, 0.29) is 0 Å². The van der Waals surface area contributed by atoms with E-state index in [9.17, 15) is 0 Å². The molecule has 0 saturated heterocycles. The van der Waals surface area contributed by atoms with Gasteiger partial charge in [-0.25, -0.2) is 5.32 Å². The van der Waals surface area contributed by atoms with E-state index in [1.165, 1.54) is 22.0 Å². The van der Waals surface area contributed by atoms with Gasteiger partial charge in [-0.05, 0) is 29.7 Å². The summed E-state index contributed by atoms with van der Waals surface area (Å²) in [7, 11) is 1.97. The molecule has 2 aromatic rings. The van der Waals surface area contributed by atoms with E-state index >= 15 is 0 Å². The molecule has 2 heterocycles. The molecule has 0 saturated carbocycles. The van der Waals surface area contributed by atoms with E-state index in [0.29, 0.717) is 0 Å². The van der Waals surface area contributed by atoms with E-state index in [0.717, 1.165) is 19.5 Å². The fourth-order valence-electron chi connectivity index (χ4n) is 2.19. The molecule has 3 rings (SSSR count). The SMILES string of the molecule is Cn1ncc2cc(C3=CC[N]CC3)ccc21. The van der Waals surface area contributed by atoms with E-state index in [2.05, 4.69) is 34.7 Å². The van der Waals surface area contributed by atoms with Crippen molar-refractivity contribution in [1.82, 2.24) is 15.1 Å². The Morgan fingerprint density at radius 3 is 3.06 bits per heavy atom. The highest BCUT2D eigenvalue weighted by molar-refractivity contribution is 5.83. The van der Waals surface area contributed by atoms with Gasteiger partial charge in [-0.1, -0.05) is 12.1 Å². The number of hydrogen-bond acceptors (Lipinski definition) is 1. The first-order valence-electron chi connectivity index (χ1n) is 5.59. The highest BCUT2D eigenvalue weighted by Gasteiger charge is 2.08. The van der Waals surface area contributed by atoms with Crippen LogP contribution in [0.5, 0.6) is 0 Å². The fourth-order valence-corrected chi connectivity index (χ4v) is 2.19. The van der Waals surface area contributed by atoms with Gasteiger partial charge in [0.05, 0.1) is 11.7 Å². The summed E-state index contributed by atoms with van der Waals surface area (Å²) in [5.74, 6) is 0. The second kappa shape index (κ2) is 3.76. The lowest BCUT2D eigenvalue weighted by Crippen LogP contribution is -2.12. The predicted octanol–water partition coefficient (Wildman–Crippen LogP) is 1.96. The Balaban J connectivity index is 2.07. The van der Waals surface area contributed by atoms with Crippen molar-refractivity contribution in [3.63, 3.8) is 0 Å². The van der Waals surface area contributed by atoms with E-state index in [4.69, 9.17) is 0 Å². The molecular weight excluding hydrogens is 198 g/mol.